The van der Waals surface area contributed by atoms with Gasteiger partial charge in [-0.3, -0.25) is 4.79 Å². The maximum atomic E-state index is 12.5. The summed E-state index contributed by atoms with van der Waals surface area (Å²) in [5.41, 5.74) is 1.03. The van der Waals surface area contributed by atoms with Gasteiger partial charge in [0.2, 0.25) is 5.91 Å². The van der Waals surface area contributed by atoms with Gasteiger partial charge in [-0.05, 0) is 37.1 Å². The summed E-state index contributed by atoms with van der Waals surface area (Å²) in [5, 5.41) is 2.94. The quantitative estimate of drug-likeness (QED) is 0.699. The molecule has 1 atom stereocenters. The Labute approximate surface area is 162 Å². The van der Waals surface area contributed by atoms with E-state index in [4.69, 9.17) is 4.74 Å². The Kier molecular flexibility index (Phi) is 7.46. The van der Waals surface area contributed by atoms with Gasteiger partial charge in [0, 0.05) is 53.0 Å². The summed E-state index contributed by atoms with van der Waals surface area (Å²) in [6.07, 6.45) is 1.40. The molecule has 0 spiro atoms. The van der Waals surface area contributed by atoms with Gasteiger partial charge in [0.1, 0.15) is 5.75 Å². The number of carbonyl (C=O) groups is 1. The van der Waals surface area contributed by atoms with Crippen LogP contribution in [0.2, 0.25) is 0 Å². The summed E-state index contributed by atoms with van der Waals surface area (Å²) >= 11 is 0. The summed E-state index contributed by atoms with van der Waals surface area (Å²) in [5.74, 6) is 0.409. The van der Waals surface area contributed by atoms with E-state index in [1.54, 1.807) is 7.11 Å². The molecule has 152 valence electrons. The lowest BCUT2D eigenvalue weighted by atomic mass is 9.99. The second-order valence-electron chi connectivity index (χ2n) is 6.90. The highest BCUT2D eigenvalue weighted by Crippen LogP contribution is 2.20. The Hall–Kier alpha value is -1.84. The van der Waals surface area contributed by atoms with Crippen LogP contribution in [0, 0.1) is 5.92 Å². The van der Waals surface area contributed by atoms with E-state index in [2.05, 4.69) is 5.32 Å². The monoisotopic (exact) mass is 398 g/mol. The van der Waals surface area contributed by atoms with Crippen molar-refractivity contribution in [2.75, 3.05) is 59.3 Å². The van der Waals surface area contributed by atoms with E-state index in [-0.39, 0.29) is 18.4 Å². The molecule has 2 rings (SSSR count). The van der Waals surface area contributed by atoms with Crippen LogP contribution in [0.5, 0.6) is 5.75 Å². The number of hydrogen-bond donors (Lipinski definition) is 1. The highest BCUT2D eigenvalue weighted by Gasteiger charge is 2.33. The molecule has 1 fully saturated rings. The van der Waals surface area contributed by atoms with Gasteiger partial charge in [-0.1, -0.05) is 0 Å². The molecule has 0 unspecified atom stereocenters. The van der Waals surface area contributed by atoms with E-state index >= 15 is 0 Å². The summed E-state index contributed by atoms with van der Waals surface area (Å²) < 4.78 is 32.3. The number of carbonyl (C=O) groups excluding carboxylic acids is 1. The number of ether oxygens (including phenoxy) is 1. The molecule has 8 nitrogen and oxygen atoms in total. The Morgan fingerprint density at radius 3 is 2.52 bits per heavy atom. The average molecular weight is 399 g/mol. The highest BCUT2D eigenvalue weighted by atomic mass is 32.2. The third-order valence-electron chi connectivity index (χ3n) is 4.80. The van der Waals surface area contributed by atoms with Gasteiger partial charge in [0.15, 0.2) is 0 Å². The lowest BCUT2D eigenvalue weighted by molar-refractivity contribution is -0.126. The van der Waals surface area contributed by atoms with E-state index in [9.17, 15) is 13.2 Å². The Balaban J connectivity index is 1.82. The molecular weight excluding hydrogens is 368 g/mol. The van der Waals surface area contributed by atoms with Gasteiger partial charge < -0.3 is 15.0 Å². The number of likely N-dealkylation sites (N-methyl/N-ethyl adjacent to an activating group) is 1. The first-order valence-electron chi connectivity index (χ1n) is 9.06. The van der Waals surface area contributed by atoms with E-state index in [0.717, 1.165) is 11.4 Å². The maximum Gasteiger partial charge on any atom is 0.281 e. The van der Waals surface area contributed by atoms with Gasteiger partial charge >= 0.3 is 0 Å². The van der Waals surface area contributed by atoms with Crippen LogP contribution in [0.25, 0.3) is 0 Å². The zero-order chi connectivity index (χ0) is 20.0. The van der Waals surface area contributed by atoms with Crippen molar-refractivity contribution in [3.63, 3.8) is 0 Å². The minimum absolute atomic E-state index is 0.0863. The lowest BCUT2D eigenvalue weighted by Crippen LogP contribution is -2.49. The van der Waals surface area contributed by atoms with Crippen LogP contribution in [-0.4, -0.2) is 77.4 Å². The lowest BCUT2D eigenvalue weighted by Gasteiger charge is -2.32. The Morgan fingerprint density at radius 2 is 1.93 bits per heavy atom. The zero-order valence-corrected chi connectivity index (χ0v) is 17.3. The molecule has 0 aromatic heterocycles. The third-order valence-corrected chi connectivity index (χ3v) is 6.71. The van der Waals surface area contributed by atoms with E-state index in [0.29, 0.717) is 32.5 Å². The summed E-state index contributed by atoms with van der Waals surface area (Å²) in [7, 11) is 3.13. The largest absolute Gasteiger partial charge is 0.497 e. The Morgan fingerprint density at radius 1 is 1.26 bits per heavy atom. The first kappa shape index (κ1) is 21.5. The maximum absolute atomic E-state index is 12.5. The number of nitrogens with one attached hydrogen (secondary N) is 1. The standard InChI is InChI=1S/C18H30N4O4S/c1-20(2)27(24,25)22-12-5-6-15(14-22)18(23)19-11-13-21(3)16-7-9-17(26-4)10-8-16/h7-10,15H,5-6,11-14H2,1-4H3,(H,19,23)/t15-/m1/s1. The molecule has 0 radical (unpaired) electrons. The SMILES string of the molecule is COc1ccc(N(C)CCNC(=O)[C@@H]2CCCN(S(=O)(=O)N(C)C)C2)cc1. The number of rotatable bonds is 8. The van der Waals surface area contributed by atoms with Crippen LogP contribution >= 0.6 is 0 Å². The van der Waals surface area contributed by atoms with Crippen molar-refractivity contribution in [3.05, 3.63) is 24.3 Å². The Bertz CT molecular complexity index is 721. The fourth-order valence-electron chi connectivity index (χ4n) is 3.05. The van der Waals surface area contributed by atoms with Crippen molar-refractivity contribution in [2.24, 2.45) is 5.92 Å². The number of nitrogens with zero attached hydrogens (tertiary/aromatic N) is 3. The second kappa shape index (κ2) is 9.38. The molecule has 1 aromatic rings. The number of amides is 1. The molecule has 27 heavy (non-hydrogen) atoms. The van der Waals surface area contributed by atoms with Crippen LogP contribution in [0.15, 0.2) is 24.3 Å². The first-order chi connectivity index (χ1) is 12.8. The van der Waals surface area contributed by atoms with Crippen LogP contribution in [-0.2, 0) is 15.0 Å². The summed E-state index contributed by atoms with van der Waals surface area (Å²) in [6, 6.07) is 7.72. The fraction of sp³-hybridized carbons (Fsp3) is 0.611. The molecule has 1 aliphatic heterocycles. The first-order valence-corrected chi connectivity index (χ1v) is 10.5. The van der Waals surface area contributed by atoms with Crippen LogP contribution < -0.4 is 15.0 Å². The minimum Gasteiger partial charge on any atom is -0.497 e. The number of methoxy groups -OCH3 is 1. The van der Waals surface area contributed by atoms with E-state index in [1.165, 1.54) is 22.7 Å². The van der Waals surface area contributed by atoms with Crippen LogP contribution in [0.3, 0.4) is 0 Å². The predicted molar refractivity (Wildman–Crippen MR) is 106 cm³/mol. The molecule has 1 saturated heterocycles. The molecule has 0 saturated carbocycles. The van der Waals surface area contributed by atoms with Crippen molar-refractivity contribution in [1.29, 1.82) is 0 Å². The van der Waals surface area contributed by atoms with Gasteiger partial charge in [-0.25, -0.2) is 0 Å². The molecule has 9 heteroatoms. The second-order valence-corrected chi connectivity index (χ2v) is 9.04. The van der Waals surface area contributed by atoms with Gasteiger partial charge in [0.25, 0.3) is 10.2 Å². The number of benzene rings is 1. The normalized spacial score (nSPS) is 18.3. The molecule has 1 amide bonds. The van der Waals surface area contributed by atoms with E-state index in [1.807, 2.05) is 36.2 Å². The topological polar surface area (TPSA) is 82.2 Å². The van der Waals surface area contributed by atoms with Crippen molar-refractivity contribution in [1.82, 2.24) is 13.9 Å². The highest BCUT2D eigenvalue weighted by molar-refractivity contribution is 7.86. The minimum atomic E-state index is -3.47. The van der Waals surface area contributed by atoms with Crippen LogP contribution in [0.4, 0.5) is 5.69 Å². The number of hydrogen-bond acceptors (Lipinski definition) is 5. The average Bonchev–Trinajstić information content (AvgIpc) is 2.67. The van der Waals surface area contributed by atoms with Crippen molar-refractivity contribution in [2.45, 2.75) is 12.8 Å². The van der Waals surface area contributed by atoms with E-state index < -0.39 is 10.2 Å². The number of piperidine rings is 1. The molecule has 1 aliphatic rings. The molecule has 0 bridgehead atoms. The zero-order valence-electron chi connectivity index (χ0n) is 16.5. The van der Waals surface area contributed by atoms with Crippen molar-refractivity contribution in [3.8, 4) is 5.75 Å². The van der Waals surface area contributed by atoms with Gasteiger partial charge in [0.05, 0.1) is 13.0 Å². The van der Waals surface area contributed by atoms with Gasteiger partial charge in [-0.2, -0.15) is 17.0 Å². The van der Waals surface area contributed by atoms with Crippen molar-refractivity contribution >= 4 is 21.8 Å². The predicted octanol–water partition coefficient (Wildman–Crippen LogP) is 0.766. The van der Waals surface area contributed by atoms with Crippen LogP contribution in [0.1, 0.15) is 12.8 Å². The molecule has 1 heterocycles. The smallest absolute Gasteiger partial charge is 0.281 e. The molecule has 0 aliphatic carbocycles. The summed E-state index contributed by atoms with van der Waals surface area (Å²) in [6.45, 7) is 1.86. The van der Waals surface area contributed by atoms with Gasteiger partial charge in [-0.15, -0.1) is 0 Å². The number of anilines is 1. The third kappa shape index (κ3) is 5.57. The molecule has 1 N–H and O–H groups in total. The fourth-order valence-corrected chi connectivity index (χ4v) is 4.24. The molecule has 1 aromatic carbocycles. The summed E-state index contributed by atoms with van der Waals surface area (Å²) in [4.78, 5) is 14.5. The van der Waals surface area contributed by atoms with Crippen molar-refractivity contribution < 1.29 is 17.9 Å². The molecular formula is C18H30N4O4S.